The van der Waals surface area contributed by atoms with Gasteiger partial charge in [-0.15, -0.1) is 0 Å². The number of benzene rings is 2. The predicted octanol–water partition coefficient (Wildman–Crippen LogP) is 3.79. The second kappa shape index (κ2) is 12.0. The van der Waals surface area contributed by atoms with Crippen molar-refractivity contribution in [3.05, 3.63) is 82.0 Å². The van der Waals surface area contributed by atoms with Crippen molar-refractivity contribution in [1.29, 1.82) is 0 Å². The molecule has 0 aromatic heterocycles. The van der Waals surface area contributed by atoms with Crippen molar-refractivity contribution in [2.45, 2.75) is 39.2 Å². The molecule has 0 fully saturated rings. The Hall–Kier alpha value is -3.76. The first-order valence-corrected chi connectivity index (χ1v) is 14.4. The Morgan fingerprint density at radius 1 is 0.872 bits per heavy atom. The number of allylic oxidation sites excluding steroid dienone is 3. The minimum absolute atomic E-state index is 0.162. The maximum absolute atomic E-state index is 12.9. The highest BCUT2D eigenvalue weighted by Crippen LogP contribution is 2.32. The molecule has 1 atom stereocenters. The molecular formula is C29H30O9S. The Morgan fingerprint density at radius 2 is 1.44 bits per heavy atom. The lowest BCUT2D eigenvalue weighted by molar-refractivity contribution is -0.138. The SMILES string of the molecule is CCOC(=O)C1=CC(=O)c2c(cccc2OCC(COc2cccc3c2C(=O)C=C(CC)C3)OS(C)(=O)=O)C1. The van der Waals surface area contributed by atoms with Crippen LogP contribution in [0.15, 0.2) is 59.7 Å². The third-order valence-corrected chi connectivity index (χ3v) is 6.93. The summed E-state index contributed by atoms with van der Waals surface area (Å²) in [6.07, 6.45) is 4.29. The van der Waals surface area contributed by atoms with Crippen LogP contribution < -0.4 is 9.47 Å². The molecular weight excluding hydrogens is 524 g/mol. The van der Waals surface area contributed by atoms with E-state index in [1.165, 1.54) is 6.08 Å². The summed E-state index contributed by atoms with van der Waals surface area (Å²) >= 11 is 0. The molecule has 0 aliphatic heterocycles. The van der Waals surface area contributed by atoms with Gasteiger partial charge in [-0.3, -0.25) is 13.8 Å². The minimum Gasteiger partial charge on any atom is -0.490 e. The highest BCUT2D eigenvalue weighted by molar-refractivity contribution is 7.86. The zero-order valence-electron chi connectivity index (χ0n) is 22.0. The zero-order valence-corrected chi connectivity index (χ0v) is 22.8. The van der Waals surface area contributed by atoms with E-state index in [1.807, 2.05) is 13.0 Å². The molecule has 206 valence electrons. The van der Waals surface area contributed by atoms with Gasteiger partial charge in [0.25, 0.3) is 10.1 Å². The van der Waals surface area contributed by atoms with Crippen molar-refractivity contribution in [3.63, 3.8) is 0 Å². The fraction of sp³-hybridized carbons (Fsp3) is 0.345. The molecule has 0 amide bonds. The van der Waals surface area contributed by atoms with Crippen LogP contribution in [0.3, 0.4) is 0 Å². The van der Waals surface area contributed by atoms with Gasteiger partial charge in [0.2, 0.25) is 0 Å². The molecule has 2 aliphatic rings. The minimum atomic E-state index is -3.89. The molecule has 1 unspecified atom stereocenters. The van der Waals surface area contributed by atoms with Crippen molar-refractivity contribution < 1.29 is 41.2 Å². The first kappa shape index (κ1) is 28.3. The first-order valence-electron chi connectivity index (χ1n) is 12.6. The van der Waals surface area contributed by atoms with Crippen molar-refractivity contribution in [1.82, 2.24) is 0 Å². The second-order valence-corrected chi connectivity index (χ2v) is 10.9. The number of hydrogen-bond donors (Lipinski definition) is 0. The van der Waals surface area contributed by atoms with Crippen LogP contribution in [0.4, 0.5) is 0 Å². The van der Waals surface area contributed by atoms with Crippen LogP contribution in [0.1, 0.15) is 52.1 Å². The molecule has 0 N–H and O–H groups in total. The Morgan fingerprint density at radius 3 is 1.97 bits per heavy atom. The average molecular weight is 555 g/mol. The van der Waals surface area contributed by atoms with E-state index in [1.54, 1.807) is 43.3 Å². The molecule has 0 spiro atoms. The Labute approximate surface area is 227 Å². The van der Waals surface area contributed by atoms with Gasteiger partial charge in [0.15, 0.2) is 11.6 Å². The van der Waals surface area contributed by atoms with Crippen molar-refractivity contribution in [2.75, 3.05) is 26.1 Å². The lowest BCUT2D eigenvalue weighted by atomic mass is 9.89. The number of esters is 1. The Kier molecular flexibility index (Phi) is 8.66. The van der Waals surface area contributed by atoms with Crippen LogP contribution in [0.5, 0.6) is 11.5 Å². The van der Waals surface area contributed by atoms with Gasteiger partial charge in [-0.2, -0.15) is 8.42 Å². The van der Waals surface area contributed by atoms with Gasteiger partial charge in [-0.05, 0) is 55.2 Å². The van der Waals surface area contributed by atoms with E-state index < -0.39 is 28.0 Å². The third kappa shape index (κ3) is 6.82. The Balaban J connectivity index is 1.50. The average Bonchev–Trinajstić information content (AvgIpc) is 2.89. The molecule has 39 heavy (non-hydrogen) atoms. The van der Waals surface area contributed by atoms with Gasteiger partial charge in [0.1, 0.15) is 30.8 Å². The summed E-state index contributed by atoms with van der Waals surface area (Å²) in [4.78, 5) is 37.8. The molecule has 10 heteroatoms. The number of fused-ring (bicyclic) bond motifs is 2. The molecule has 0 saturated carbocycles. The normalized spacial score (nSPS) is 15.5. The fourth-order valence-electron chi connectivity index (χ4n) is 4.59. The third-order valence-electron chi connectivity index (χ3n) is 6.31. The molecule has 2 aromatic rings. The summed E-state index contributed by atoms with van der Waals surface area (Å²) in [7, 11) is -3.89. The van der Waals surface area contributed by atoms with Gasteiger partial charge >= 0.3 is 5.97 Å². The molecule has 2 aliphatic carbocycles. The smallest absolute Gasteiger partial charge is 0.334 e. The molecule has 0 saturated heterocycles. The maximum Gasteiger partial charge on any atom is 0.334 e. The standard InChI is InChI=1S/C29H30O9S/c1-4-18-12-19-8-6-10-25(27(19)23(30)13-18)36-16-22(38-39(3,33)34)17-37-26-11-7-9-20-14-21(29(32)35-5-2)15-24(31)28(20)26/h6-11,13,15,22H,4-5,12,14,16-17H2,1-3H3. The summed E-state index contributed by atoms with van der Waals surface area (Å²) in [5.41, 5.74) is 3.44. The topological polar surface area (TPSA) is 122 Å². The number of ketones is 2. The van der Waals surface area contributed by atoms with Crippen LogP contribution in [0.2, 0.25) is 0 Å². The largest absolute Gasteiger partial charge is 0.490 e. The van der Waals surface area contributed by atoms with E-state index in [4.69, 9.17) is 18.4 Å². The van der Waals surface area contributed by atoms with Gasteiger partial charge in [0, 0.05) is 12.0 Å². The summed E-state index contributed by atoms with van der Waals surface area (Å²) in [6.45, 7) is 3.39. The van der Waals surface area contributed by atoms with Gasteiger partial charge in [0.05, 0.1) is 24.0 Å². The Bertz CT molecular complexity index is 1470. The number of ether oxygens (including phenoxy) is 3. The van der Waals surface area contributed by atoms with Gasteiger partial charge < -0.3 is 14.2 Å². The lowest BCUT2D eigenvalue weighted by Gasteiger charge is -2.23. The summed E-state index contributed by atoms with van der Waals surface area (Å²) in [5, 5.41) is 0. The monoisotopic (exact) mass is 554 g/mol. The molecule has 0 bridgehead atoms. The summed E-state index contributed by atoms with van der Waals surface area (Å²) in [6, 6.07) is 10.3. The number of carbonyl (C=O) groups excluding carboxylic acids is 3. The van der Waals surface area contributed by atoms with E-state index in [9.17, 15) is 22.8 Å². The second-order valence-electron chi connectivity index (χ2n) is 9.25. The van der Waals surface area contributed by atoms with Crippen molar-refractivity contribution in [2.24, 2.45) is 0 Å². The molecule has 4 rings (SSSR count). The summed E-state index contributed by atoms with van der Waals surface area (Å²) in [5.74, 6) is -0.575. The maximum atomic E-state index is 12.9. The van der Waals surface area contributed by atoms with E-state index in [2.05, 4.69) is 0 Å². The summed E-state index contributed by atoms with van der Waals surface area (Å²) < 4.78 is 45.9. The van der Waals surface area contributed by atoms with E-state index >= 15 is 0 Å². The highest BCUT2D eigenvalue weighted by Gasteiger charge is 2.27. The molecule has 0 radical (unpaired) electrons. The highest BCUT2D eigenvalue weighted by atomic mass is 32.2. The number of rotatable bonds is 11. The quantitative estimate of drug-likeness (QED) is 0.302. The van der Waals surface area contributed by atoms with E-state index in [-0.39, 0.29) is 48.9 Å². The van der Waals surface area contributed by atoms with Crippen LogP contribution in [-0.4, -0.2) is 58.1 Å². The van der Waals surface area contributed by atoms with E-state index in [0.29, 0.717) is 23.3 Å². The van der Waals surface area contributed by atoms with Gasteiger partial charge in [-0.25, -0.2) is 4.79 Å². The van der Waals surface area contributed by atoms with Crippen molar-refractivity contribution in [3.8, 4) is 11.5 Å². The van der Waals surface area contributed by atoms with Crippen molar-refractivity contribution >= 4 is 27.7 Å². The van der Waals surface area contributed by atoms with E-state index in [0.717, 1.165) is 23.8 Å². The fourth-order valence-corrected chi connectivity index (χ4v) is 5.19. The first-order chi connectivity index (χ1) is 18.6. The van der Waals surface area contributed by atoms with Crippen LogP contribution in [0.25, 0.3) is 0 Å². The number of hydrogen-bond acceptors (Lipinski definition) is 9. The van der Waals surface area contributed by atoms with Crippen LogP contribution >= 0.6 is 0 Å². The molecule has 0 heterocycles. The van der Waals surface area contributed by atoms with Crippen LogP contribution in [-0.2, 0) is 36.7 Å². The van der Waals surface area contributed by atoms with Gasteiger partial charge in [-0.1, -0.05) is 36.8 Å². The lowest BCUT2D eigenvalue weighted by Crippen LogP contribution is -2.31. The zero-order chi connectivity index (χ0) is 28.2. The van der Waals surface area contributed by atoms with Crippen LogP contribution in [0, 0.1) is 0 Å². The predicted molar refractivity (Wildman–Crippen MR) is 143 cm³/mol. The molecule has 2 aromatic carbocycles. The molecule has 9 nitrogen and oxygen atoms in total. The number of carbonyl (C=O) groups is 3.